The maximum atomic E-state index is 11.7. The molecule has 0 spiro atoms. The maximum absolute atomic E-state index is 11.7. The number of carbonyl (C=O) groups excluding carboxylic acids is 1. The summed E-state index contributed by atoms with van der Waals surface area (Å²) in [6, 6.07) is 10.5. The zero-order valence-corrected chi connectivity index (χ0v) is 11.4. The van der Waals surface area contributed by atoms with Crippen LogP contribution in [0, 0.1) is 17.2 Å². The lowest BCUT2D eigenvalue weighted by Gasteiger charge is -2.15. The normalized spacial score (nSPS) is 13.0. The molecular weight excluding hydrogens is 256 g/mol. The van der Waals surface area contributed by atoms with Gasteiger partial charge in [-0.1, -0.05) is 30.3 Å². The number of nitrogens with one attached hydrogen (secondary N) is 1. The van der Waals surface area contributed by atoms with Crippen LogP contribution >= 0.6 is 0 Å². The molecule has 1 aromatic carbocycles. The predicted octanol–water partition coefficient (Wildman–Crippen LogP) is 1.74. The van der Waals surface area contributed by atoms with Gasteiger partial charge in [-0.3, -0.25) is 4.79 Å². The Morgan fingerprint density at radius 1 is 1.35 bits per heavy atom. The van der Waals surface area contributed by atoms with Gasteiger partial charge in [-0.25, -0.2) is 4.79 Å². The second-order valence-electron chi connectivity index (χ2n) is 4.71. The molecular formula is C15H18N2O3. The van der Waals surface area contributed by atoms with Gasteiger partial charge in [0.15, 0.2) is 0 Å². The number of hydrogen-bond acceptors (Lipinski definition) is 3. The lowest BCUT2D eigenvalue weighted by atomic mass is 10.0. The third-order valence-electron chi connectivity index (χ3n) is 2.93. The molecule has 1 amide bonds. The SMILES string of the molecule is C[C@H](C#N)C[C@@H](NC(=O)CCc1ccccc1)C(=O)O. The highest BCUT2D eigenvalue weighted by Gasteiger charge is 2.22. The molecule has 0 aliphatic heterocycles. The van der Waals surface area contributed by atoms with Crippen LogP contribution in [0.15, 0.2) is 30.3 Å². The van der Waals surface area contributed by atoms with Crippen LogP contribution in [0.4, 0.5) is 0 Å². The van der Waals surface area contributed by atoms with E-state index in [4.69, 9.17) is 10.4 Å². The second-order valence-corrected chi connectivity index (χ2v) is 4.71. The average Bonchev–Trinajstić information content (AvgIpc) is 2.45. The Balaban J connectivity index is 2.46. The molecule has 0 saturated carbocycles. The van der Waals surface area contributed by atoms with Gasteiger partial charge in [-0.2, -0.15) is 5.26 Å². The van der Waals surface area contributed by atoms with E-state index in [1.165, 1.54) is 0 Å². The van der Waals surface area contributed by atoms with E-state index in [0.29, 0.717) is 6.42 Å². The van der Waals surface area contributed by atoms with Crippen molar-refractivity contribution in [2.45, 2.75) is 32.2 Å². The summed E-state index contributed by atoms with van der Waals surface area (Å²) in [6.07, 6.45) is 0.907. The minimum Gasteiger partial charge on any atom is -0.480 e. The third kappa shape index (κ3) is 5.53. The van der Waals surface area contributed by atoms with Gasteiger partial charge >= 0.3 is 5.97 Å². The van der Waals surface area contributed by atoms with Crippen molar-refractivity contribution in [3.63, 3.8) is 0 Å². The van der Waals surface area contributed by atoms with E-state index in [-0.39, 0.29) is 18.7 Å². The summed E-state index contributed by atoms with van der Waals surface area (Å²) < 4.78 is 0. The molecule has 0 aromatic heterocycles. The molecule has 5 heteroatoms. The Kier molecular flexibility index (Phi) is 6.24. The maximum Gasteiger partial charge on any atom is 0.326 e. The quantitative estimate of drug-likeness (QED) is 0.792. The van der Waals surface area contributed by atoms with Gasteiger partial charge in [0.25, 0.3) is 0 Å². The molecule has 0 aliphatic carbocycles. The van der Waals surface area contributed by atoms with Crippen LogP contribution in [0.5, 0.6) is 0 Å². The number of carboxylic acid groups (broad SMARTS) is 1. The first-order valence-electron chi connectivity index (χ1n) is 6.48. The zero-order valence-electron chi connectivity index (χ0n) is 11.4. The number of nitrogens with zero attached hydrogens (tertiary/aromatic N) is 1. The van der Waals surface area contributed by atoms with Crippen molar-refractivity contribution in [3.8, 4) is 6.07 Å². The molecule has 1 rings (SSSR count). The molecule has 0 radical (unpaired) electrons. The molecule has 2 atom stereocenters. The Morgan fingerprint density at radius 3 is 2.55 bits per heavy atom. The first-order chi connectivity index (χ1) is 9.52. The van der Waals surface area contributed by atoms with Gasteiger partial charge in [0.2, 0.25) is 5.91 Å². The second kappa shape index (κ2) is 7.95. The number of carbonyl (C=O) groups is 2. The zero-order chi connectivity index (χ0) is 15.0. The predicted molar refractivity (Wildman–Crippen MR) is 73.7 cm³/mol. The highest BCUT2D eigenvalue weighted by molar-refractivity contribution is 5.83. The van der Waals surface area contributed by atoms with Crippen molar-refractivity contribution in [1.82, 2.24) is 5.32 Å². The number of carboxylic acids is 1. The Labute approximate surface area is 118 Å². The van der Waals surface area contributed by atoms with Crippen LogP contribution in [0.1, 0.15) is 25.3 Å². The van der Waals surface area contributed by atoms with E-state index in [0.717, 1.165) is 5.56 Å². The standard InChI is InChI=1S/C15H18N2O3/c1-11(10-16)9-13(15(19)20)17-14(18)8-7-12-5-3-2-4-6-12/h2-6,11,13H,7-9H2,1H3,(H,17,18)(H,19,20)/t11-,13+/m0/s1. The minimum absolute atomic E-state index is 0.114. The van der Waals surface area contributed by atoms with Crippen LogP contribution in [-0.4, -0.2) is 23.0 Å². The summed E-state index contributed by atoms with van der Waals surface area (Å²) in [4.78, 5) is 22.8. The first-order valence-corrected chi connectivity index (χ1v) is 6.48. The van der Waals surface area contributed by atoms with Crippen molar-refractivity contribution in [2.75, 3.05) is 0 Å². The first kappa shape index (κ1) is 15.7. The lowest BCUT2D eigenvalue weighted by molar-refractivity contribution is -0.142. The van der Waals surface area contributed by atoms with E-state index < -0.39 is 17.9 Å². The van der Waals surface area contributed by atoms with E-state index >= 15 is 0 Å². The molecule has 0 saturated heterocycles. The molecule has 0 fully saturated rings. The van der Waals surface area contributed by atoms with Gasteiger partial charge in [-0.05, 0) is 25.3 Å². The summed E-state index contributed by atoms with van der Waals surface area (Å²) in [6.45, 7) is 1.63. The van der Waals surface area contributed by atoms with Crippen LogP contribution in [0.3, 0.4) is 0 Å². The largest absolute Gasteiger partial charge is 0.480 e. The molecule has 2 N–H and O–H groups in total. The molecule has 0 heterocycles. The topological polar surface area (TPSA) is 90.2 Å². The molecule has 0 unspecified atom stereocenters. The fourth-order valence-corrected chi connectivity index (χ4v) is 1.80. The van der Waals surface area contributed by atoms with Crippen LogP contribution < -0.4 is 5.32 Å². The number of aliphatic carboxylic acids is 1. The Hall–Kier alpha value is -2.35. The monoisotopic (exact) mass is 274 g/mol. The van der Waals surface area contributed by atoms with E-state index in [1.807, 2.05) is 36.4 Å². The van der Waals surface area contributed by atoms with E-state index in [9.17, 15) is 9.59 Å². The molecule has 20 heavy (non-hydrogen) atoms. The Bertz CT molecular complexity index is 494. The fourth-order valence-electron chi connectivity index (χ4n) is 1.80. The number of aryl methyl sites for hydroxylation is 1. The number of benzene rings is 1. The van der Waals surface area contributed by atoms with Crippen molar-refractivity contribution in [2.24, 2.45) is 5.92 Å². The van der Waals surface area contributed by atoms with Gasteiger partial charge in [-0.15, -0.1) is 0 Å². The number of nitriles is 1. The van der Waals surface area contributed by atoms with Gasteiger partial charge in [0.1, 0.15) is 6.04 Å². The summed E-state index contributed by atoms with van der Waals surface area (Å²) in [7, 11) is 0. The minimum atomic E-state index is -1.11. The van der Waals surface area contributed by atoms with Crippen molar-refractivity contribution in [3.05, 3.63) is 35.9 Å². The van der Waals surface area contributed by atoms with Crippen molar-refractivity contribution >= 4 is 11.9 Å². The molecule has 106 valence electrons. The molecule has 0 aliphatic rings. The molecule has 5 nitrogen and oxygen atoms in total. The van der Waals surface area contributed by atoms with Gasteiger partial charge < -0.3 is 10.4 Å². The van der Waals surface area contributed by atoms with Gasteiger partial charge in [0, 0.05) is 12.3 Å². The summed E-state index contributed by atoms with van der Waals surface area (Å²) in [5.74, 6) is -1.84. The Morgan fingerprint density at radius 2 is 2.00 bits per heavy atom. The van der Waals surface area contributed by atoms with Crippen LogP contribution in [-0.2, 0) is 16.0 Å². The summed E-state index contributed by atoms with van der Waals surface area (Å²) in [5.41, 5.74) is 1.03. The highest BCUT2D eigenvalue weighted by atomic mass is 16.4. The van der Waals surface area contributed by atoms with Crippen LogP contribution in [0.2, 0.25) is 0 Å². The van der Waals surface area contributed by atoms with E-state index in [1.54, 1.807) is 6.92 Å². The lowest BCUT2D eigenvalue weighted by Crippen LogP contribution is -2.41. The molecule has 0 bridgehead atoms. The summed E-state index contributed by atoms with van der Waals surface area (Å²) in [5, 5.41) is 20.2. The number of rotatable bonds is 7. The smallest absolute Gasteiger partial charge is 0.326 e. The number of amides is 1. The van der Waals surface area contributed by atoms with Crippen LogP contribution in [0.25, 0.3) is 0 Å². The summed E-state index contributed by atoms with van der Waals surface area (Å²) >= 11 is 0. The van der Waals surface area contributed by atoms with Crippen molar-refractivity contribution in [1.29, 1.82) is 5.26 Å². The number of hydrogen-bond donors (Lipinski definition) is 2. The fraction of sp³-hybridized carbons (Fsp3) is 0.400. The third-order valence-corrected chi connectivity index (χ3v) is 2.93. The highest BCUT2D eigenvalue weighted by Crippen LogP contribution is 2.07. The van der Waals surface area contributed by atoms with E-state index in [2.05, 4.69) is 5.32 Å². The van der Waals surface area contributed by atoms with Gasteiger partial charge in [0.05, 0.1) is 6.07 Å². The molecule has 1 aromatic rings. The van der Waals surface area contributed by atoms with Crippen molar-refractivity contribution < 1.29 is 14.7 Å². The average molecular weight is 274 g/mol.